The lowest BCUT2D eigenvalue weighted by Crippen LogP contribution is -2.52. The topological polar surface area (TPSA) is 67.4 Å². The molecule has 5 heteroatoms. The molecule has 1 unspecified atom stereocenters. The fraction of sp³-hybridized carbons (Fsp3) is 0.619. The predicted octanol–water partition coefficient (Wildman–Crippen LogP) is 3.53. The molecule has 1 saturated carbocycles. The number of nitrogens with one attached hydrogen (secondary N) is 2. The molecule has 1 atom stereocenters. The normalized spacial score (nSPS) is 21.1. The van der Waals surface area contributed by atoms with Crippen LogP contribution in [0.3, 0.4) is 0 Å². The molecule has 2 N–H and O–H groups in total. The summed E-state index contributed by atoms with van der Waals surface area (Å²) in [5.74, 6) is 0.912. The van der Waals surface area contributed by atoms with Gasteiger partial charge in [-0.15, -0.1) is 0 Å². The van der Waals surface area contributed by atoms with Gasteiger partial charge in [0, 0.05) is 6.04 Å². The second kappa shape index (κ2) is 9.60. The molecular formula is C21H32N2O3. The molecule has 2 amide bonds. The molecule has 5 nitrogen and oxygen atoms in total. The third-order valence-corrected chi connectivity index (χ3v) is 5.36. The Hall–Kier alpha value is -2.04. The zero-order chi connectivity index (χ0) is 19.1. The van der Waals surface area contributed by atoms with Crippen molar-refractivity contribution in [3.63, 3.8) is 0 Å². The summed E-state index contributed by atoms with van der Waals surface area (Å²) in [6.45, 7) is 6.12. The highest BCUT2D eigenvalue weighted by Gasteiger charge is 2.29. The zero-order valence-electron chi connectivity index (χ0n) is 16.4. The number of hydrogen-bond acceptors (Lipinski definition) is 3. The molecule has 2 rings (SSSR count). The molecule has 1 aromatic rings. The second-order valence-electron chi connectivity index (χ2n) is 7.53. The van der Waals surface area contributed by atoms with Gasteiger partial charge in [0.25, 0.3) is 5.91 Å². The summed E-state index contributed by atoms with van der Waals surface area (Å²) in [7, 11) is 1.53. The van der Waals surface area contributed by atoms with Crippen LogP contribution < -0.4 is 15.4 Å². The predicted molar refractivity (Wildman–Crippen MR) is 103 cm³/mol. The number of benzene rings is 1. The summed E-state index contributed by atoms with van der Waals surface area (Å²) in [6.07, 6.45) is 5.60. The molecule has 0 radical (unpaired) electrons. The van der Waals surface area contributed by atoms with Crippen molar-refractivity contribution in [2.24, 2.45) is 11.8 Å². The van der Waals surface area contributed by atoms with Crippen molar-refractivity contribution in [2.75, 3.05) is 7.11 Å². The van der Waals surface area contributed by atoms with E-state index in [0.29, 0.717) is 11.3 Å². The maximum atomic E-state index is 12.8. The molecule has 26 heavy (non-hydrogen) atoms. The van der Waals surface area contributed by atoms with Crippen molar-refractivity contribution in [1.29, 1.82) is 0 Å². The van der Waals surface area contributed by atoms with Gasteiger partial charge in [-0.1, -0.05) is 39.3 Å². The van der Waals surface area contributed by atoms with Gasteiger partial charge in [-0.2, -0.15) is 0 Å². The van der Waals surface area contributed by atoms with Crippen LogP contribution in [0.1, 0.15) is 63.2 Å². The smallest absolute Gasteiger partial charge is 0.255 e. The number of carbonyl (C=O) groups is 2. The van der Waals surface area contributed by atoms with Crippen LogP contribution in [-0.2, 0) is 4.79 Å². The molecule has 1 aromatic carbocycles. The number of hydrogen-bond donors (Lipinski definition) is 2. The van der Waals surface area contributed by atoms with E-state index in [1.54, 1.807) is 18.2 Å². The fourth-order valence-electron chi connectivity index (χ4n) is 3.59. The van der Waals surface area contributed by atoms with E-state index < -0.39 is 6.04 Å². The lowest BCUT2D eigenvalue weighted by molar-refractivity contribution is -0.124. The average molecular weight is 360 g/mol. The lowest BCUT2D eigenvalue weighted by atomic mass is 9.84. The Kier molecular flexibility index (Phi) is 7.49. The van der Waals surface area contributed by atoms with E-state index in [2.05, 4.69) is 17.6 Å². The van der Waals surface area contributed by atoms with Gasteiger partial charge in [0.2, 0.25) is 5.91 Å². The van der Waals surface area contributed by atoms with E-state index in [0.717, 1.165) is 18.8 Å². The molecule has 0 aliphatic heterocycles. The van der Waals surface area contributed by atoms with Gasteiger partial charge in [-0.25, -0.2) is 0 Å². The first-order chi connectivity index (χ1) is 12.5. The number of rotatable bonds is 7. The van der Waals surface area contributed by atoms with Crippen molar-refractivity contribution >= 4 is 11.8 Å². The van der Waals surface area contributed by atoms with E-state index in [1.807, 2.05) is 19.9 Å². The van der Waals surface area contributed by atoms with Crippen molar-refractivity contribution in [3.8, 4) is 5.75 Å². The third kappa shape index (κ3) is 5.23. The Morgan fingerprint density at radius 2 is 1.81 bits per heavy atom. The SMILES string of the molecule is CCC1CCC(NC(=O)C(NC(=O)c2ccccc2OC)C(C)C)CC1. The van der Waals surface area contributed by atoms with Crippen molar-refractivity contribution < 1.29 is 14.3 Å². The molecule has 0 aromatic heterocycles. The van der Waals surface area contributed by atoms with Crippen LogP contribution in [-0.4, -0.2) is 31.0 Å². The van der Waals surface area contributed by atoms with E-state index in [4.69, 9.17) is 4.74 Å². The first kappa shape index (κ1) is 20.3. The average Bonchev–Trinajstić information content (AvgIpc) is 2.66. The monoisotopic (exact) mass is 360 g/mol. The third-order valence-electron chi connectivity index (χ3n) is 5.36. The fourth-order valence-corrected chi connectivity index (χ4v) is 3.59. The summed E-state index contributed by atoms with van der Waals surface area (Å²) in [4.78, 5) is 25.4. The van der Waals surface area contributed by atoms with Gasteiger partial charge < -0.3 is 15.4 Å². The molecule has 1 aliphatic carbocycles. The molecule has 0 saturated heterocycles. The number of ether oxygens (including phenoxy) is 1. The summed E-state index contributed by atoms with van der Waals surface area (Å²) in [5, 5.41) is 6.03. The lowest BCUT2D eigenvalue weighted by Gasteiger charge is -2.30. The highest BCUT2D eigenvalue weighted by atomic mass is 16.5. The highest BCUT2D eigenvalue weighted by molar-refractivity contribution is 5.99. The van der Waals surface area contributed by atoms with E-state index in [9.17, 15) is 9.59 Å². The Morgan fingerprint density at radius 3 is 2.38 bits per heavy atom. The standard InChI is InChI=1S/C21H32N2O3/c1-5-15-10-12-16(13-11-15)22-21(25)19(14(2)3)23-20(24)17-8-6-7-9-18(17)26-4/h6-9,14-16,19H,5,10-13H2,1-4H3,(H,22,25)(H,23,24). The van der Waals surface area contributed by atoms with Crippen LogP contribution in [0.15, 0.2) is 24.3 Å². The minimum absolute atomic E-state index is 0.000591. The van der Waals surface area contributed by atoms with Crippen molar-refractivity contribution in [3.05, 3.63) is 29.8 Å². The van der Waals surface area contributed by atoms with Crippen LogP contribution in [0.4, 0.5) is 0 Å². The molecule has 0 bridgehead atoms. The van der Waals surface area contributed by atoms with Crippen LogP contribution in [0.25, 0.3) is 0 Å². The number of amides is 2. The number of methoxy groups -OCH3 is 1. The van der Waals surface area contributed by atoms with Crippen LogP contribution in [0.5, 0.6) is 5.75 Å². The number of carbonyl (C=O) groups excluding carboxylic acids is 2. The van der Waals surface area contributed by atoms with Gasteiger partial charge in [0.1, 0.15) is 11.8 Å². The molecule has 0 spiro atoms. The first-order valence-corrected chi connectivity index (χ1v) is 9.70. The van der Waals surface area contributed by atoms with Crippen molar-refractivity contribution in [1.82, 2.24) is 10.6 Å². The number of para-hydroxylation sites is 1. The van der Waals surface area contributed by atoms with Gasteiger partial charge >= 0.3 is 0 Å². The van der Waals surface area contributed by atoms with Gasteiger partial charge in [0.05, 0.1) is 12.7 Å². The second-order valence-corrected chi connectivity index (χ2v) is 7.53. The molecule has 144 valence electrons. The van der Waals surface area contributed by atoms with Crippen LogP contribution >= 0.6 is 0 Å². The summed E-state index contributed by atoms with van der Waals surface area (Å²) < 4.78 is 5.25. The summed E-state index contributed by atoms with van der Waals surface area (Å²) in [6, 6.07) is 6.70. The zero-order valence-corrected chi connectivity index (χ0v) is 16.4. The molecule has 0 heterocycles. The molecule has 1 fully saturated rings. The van der Waals surface area contributed by atoms with E-state index >= 15 is 0 Å². The quantitative estimate of drug-likeness (QED) is 0.781. The summed E-state index contributed by atoms with van der Waals surface area (Å²) in [5.41, 5.74) is 0.442. The first-order valence-electron chi connectivity index (χ1n) is 9.70. The van der Waals surface area contributed by atoms with Gasteiger partial charge in [-0.05, 0) is 49.7 Å². The summed E-state index contributed by atoms with van der Waals surface area (Å²) >= 11 is 0. The van der Waals surface area contributed by atoms with E-state index in [-0.39, 0.29) is 23.8 Å². The maximum Gasteiger partial charge on any atom is 0.255 e. The van der Waals surface area contributed by atoms with Gasteiger partial charge in [-0.3, -0.25) is 9.59 Å². The van der Waals surface area contributed by atoms with Crippen LogP contribution in [0, 0.1) is 11.8 Å². The minimum atomic E-state index is -0.559. The Labute approximate surface area is 156 Å². The highest BCUT2D eigenvalue weighted by Crippen LogP contribution is 2.26. The largest absolute Gasteiger partial charge is 0.496 e. The van der Waals surface area contributed by atoms with Crippen LogP contribution in [0.2, 0.25) is 0 Å². The maximum absolute atomic E-state index is 12.8. The van der Waals surface area contributed by atoms with Crippen molar-refractivity contribution in [2.45, 2.75) is 65.0 Å². The Morgan fingerprint density at radius 1 is 1.15 bits per heavy atom. The Balaban J connectivity index is 1.99. The molecular weight excluding hydrogens is 328 g/mol. The van der Waals surface area contributed by atoms with Gasteiger partial charge in [0.15, 0.2) is 0 Å². The molecule has 1 aliphatic rings. The van der Waals surface area contributed by atoms with E-state index in [1.165, 1.54) is 26.4 Å². The minimum Gasteiger partial charge on any atom is -0.496 e. The Bertz CT molecular complexity index is 607.